The Kier molecular flexibility index (Phi) is 4.08. The smallest absolute Gasteiger partial charge is 0.197 e. The molecule has 1 fully saturated rings. The van der Waals surface area contributed by atoms with E-state index in [-0.39, 0.29) is 5.43 Å². The SMILES string of the molecule is Cc1ccc2occ(CN3CCCN(C)CC3)c(=O)c2c1. The van der Waals surface area contributed by atoms with Crippen LogP contribution in [0.5, 0.6) is 0 Å². The Bertz CT molecular complexity index is 693. The van der Waals surface area contributed by atoms with Crippen molar-refractivity contribution >= 4 is 11.0 Å². The van der Waals surface area contributed by atoms with Gasteiger partial charge in [-0.2, -0.15) is 0 Å². The predicted molar refractivity (Wildman–Crippen MR) is 84.6 cm³/mol. The average molecular weight is 286 g/mol. The third-order valence-electron chi connectivity index (χ3n) is 4.21. The van der Waals surface area contributed by atoms with Gasteiger partial charge in [-0.15, -0.1) is 0 Å². The van der Waals surface area contributed by atoms with Crippen LogP contribution in [0.1, 0.15) is 17.5 Å². The molecule has 2 aromatic rings. The van der Waals surface area contributed by atoms with Crippen LogP contribution in [-0.2, 0) is 6.54 Å². The molecule has 0 unspecified atom stereocenters. The number of benzene rings is 1. The third kappa shape index (κ3) is 3.17. The fourth-order valence-corrected chi connectivity index (χ4v) is 2.89. The molecule has 3 rings (SSSR count). The second-order valence-corrected chi connectivity index (χ2v) is 6.02. The number of hydrogen-bond donors (Lipinski definition) is 0. The lowest BCUT2D eigenvalue weighted by molar-refractivity contribution is 0.267. The maximum absolute atomic E-state index is 12.6. The van der Waals surface area contributed by atoms with Crippen molar-refractivity contribution in [2.24, 2.45) is 0 Å². The molecule has 4 heteroatoms. The van der Waals surface area contributed by atoms with Crippen LogP contribution in [0.2, 0.25) is 0 Å². The summed E-state index contributed by atoms with van der Waals surface area (Å²) in [6, 6.07) is 5.76. The monoisotopic (exact) mass is 286 g/mol. The van der Waals surface area contributed by atoms with Crippen LogP contribution in [0.3, 0.4) is 0 Å². The first-order chi connectivity index (χ1) is 10.1. The molecule has 1 aliphatic heterocycles. The lowest BCUT2D eigenvalue weighted by Gasteiger charge is -2.19. The summed E-state index contributed by atoms with van der Waals surface area (Å²) in [5, 5.41) is 0.694. The summed E-state index contributed by atoms with van der Waals surface area (Å²) in [6.45, 7) is 6.90. The molecule has 21 heavy (non-hydrogen) atoms. The highest BCUT2D eigenvalue weighted by Crippen LogP contribution is 2.14. The number of hydrogen-bond acceptors (Lipinski definition) is 4. The summed E-state index contributed by atoms with van der Waals surface area (Å²) < 4.78 is 5.64. The standard InChI is InChI=1S/C17H22N2O2/c1-13-4-5-16-15(10-13)17(20)14(12-21-16)11-19-7-3-6-18(2)8-9-19/h4-5,10,12H,3,6-9,11H2,1-2H3. The fraction of sp³-hybridized carbons (Fsp3) is 0.471. The molecule has 1 aliphatic rings. The molecule has 0 bridgehead atoms. The summed E-state index contributed by atoms with van der Waals surface area (Å²) in [7, 11) is 2.15. The van der Waals surface area contributed by atoms with Crippen LogP contribution >= 0.6 is 0 Å². The Hall–Kier alpha value is -1.65. The van der Waals surface area contributed by atoms with Gasteiger partial charge in [-0.3, -0.25) is 9.69 Å². The first-order valence-electron chi connectivity index (χ1n) is 7.55. The molecule has 4 nitrogen and oxygen atoms in total. The molecule has 1 aromatic carbocycles. The Morgan fingerprint density at radius 3 is 2.90 bits per heavy atom. The molecule has 0 atom stereocenters. The zero-order valence-electron chi connectivity index (χ0n) is 12.8. The van der Waals surface area contributed by atoms with E-state index in [1.165, 1.54) is 0 Å². The van der Waals surface area contributed by atoms with Gasteiger partial charge in [0, 0.05) is 25.2 Å². The van der Waals surface area contributed by atoms with Crippen molar-refractivity contribution < 1.29 is 4.42 Å². The molecule has 1 saturated heterocycles. The highest BCUT2D eigenvalue weighted by molar-refractivity contribution is 5.77. The molecule has 0 radical (unpaired) electrons. The van der Waals surface area contributed by atoms with Crippen LogP contribution in [0.4, 0.5) is 0 Å². The van der Waals surface area contributed by atoms with E-state index in [1.807, 2.05) is 25.1 Å². The van der Waals surface area contributed by atoms with Crippen molar-refractivity contribution in [1.82, 2.24) is 9.80 Å². The van der Waals surface area contributed by atoms with Gasteiger partial charge in [0.1, 0.15) is 5.58 Å². The van der Waals surface area contributed by atoms with Gasteiger partial charge in [0.05, 0.1) is 11.6 Å². The van der Waals surface area contributed by atoms with Crippen molar-refractivity contribution in [3.63, 3.8) is 0 Å². The Balaban J connectivity index is 1.87. The van der Waals surface area contributed by atoms with Crippen LogP contribution in [-0.4, -0.2) is 43.0 Å². The Morgan fingerprint density at radius 2 is 2.05 bits per heavy atom. The molecule has 0 amide bonds. The summed E-state index contributed by atoms with van der Waals surface area (Å²) in [6.07, 6.45) is 2.78. The van der Waals surface area contributed by atoms with Crippen LogP contribution in [0.25, 0.3) is 11.0 Å². The largest absolute Gasteiger partial charge is 0.464 e. The van der Waals surface area contributed by atoms with E-state index in [0.717, 1.165) is 43.7 Å². The number of nitrogens with zero attached hydrogens (tertiary/aromatic N) is 2. The highest BCUT2D eigenvalue weighted by Gasteiger charge is 2.15. The minimum atomic E-state index is 0.109. The molecule has 1 aromatic heterocycles. The number of rotatable bonds is 2. The van der Waals surface area contributed by atoms with E-state index in [2.05, 4.69) is 16.8 Å². The van der Waals surface area contributed by atoms with Gasteiger partial charge in [0.25, 0.3) is 0 Å². The summed E-state index contributed by atoms with van der Waals surface area (Å²) in [5.74, 6) is 0. The number of fused-ring (bicyclic) bond motifs is 1. The molecule has 0 saturated carbocycles. The third-order valence-corrected chi connectivity index (χ3v) is 4.21. The van der Waals surface area contributed by atoms with E-state index in [9.17, 15) is 4.79 Å². The van der Waals surface area contributed by atoms with Gasteiger partial charge in [0.15, 0.2) is 5.43 Å². The van der Waals surface area contributed by atoms with Crippen molar-refractivity contribution in [3.05, 3.63) is 45.8 Å². The first-order valence-corrected chi connectivity index (χ1v) is 7.55. The highest BCUT2D eigenvalue weighted by atomic mass is 16.3. The topological polar surface area (TPSA) is 36.7 Å². The van der Waals surface area contributed by atoms with Gasteiger partial charge in [-0.05, 0) is 45.6 Å². The quantitative estimate of drug-likeness (QED) is 0.848. The van der Waals surface area contributed by atoms with E-state index in [0.29, 0.717) is 17.5 Å². The molecule has 0 N–H and O–H groups in total. The second-order valence-electron chi connectivity index (χ2n) is 6.02. The van der Waals surface area contributed by atoms with Crippen LogP contribution in [0, 0.1) is 6.92 Å². The summed E-state index contributed by atoms with van der Waals surface area (Å²) in [5.41, 5.74) is 2.63. The molecule has 0 aliphatic carbocycles. The van der Waals surface area contributed by atoms with Crippen LogP contribution < -0.4 is 5.43 Å². The normalized spacial score (nSPS) is 18.0. The van der Waals surface area contributed by atoms with Gasteiger partial charge in [-0.25, -0.2) is 0 Å². The lowest BCUT2D eigenvalue weighted by atomic mass is 10.1. The molecular formula is C17H22N2O2. The zero-order valence-corrected chi connectivity index (χ0v) is 12.8. The van der Waals surface area contributed by atoms with Gasteiger partial charge < -0.3 is 9.32 Å². The maximum atomic E-state index is 12.6. The average Bonchev–Trinajstić information content (AvgIpc) is 2.67. The molecule has 2 heterocycles. The van der Waals surface area contributed by atoms with Gasteiger partial charge in [-0.1, -0.05) is 11.6 Å². The minimum absolute atomic E-state index is 0.109. The second kappa shape index (κ2) is 6.00. The number of likely N-dealkylation sites (N-methyl/N-ethyl adjacent to an activating group) is 1. The first kappa shape index (κ1) is 14.3. The molecular weight excluding hydrogens is 264 g/mol. The minimum Gasteiger partial charge on any atom is -0.464 e. The maximum Gasteiger partial charge on any atom is 0.197 e. The van der Waals surface area contributed by atoms with E-state index in [4.69, 9.17) is 4.42 Å². The van der Waals surface area contributed by atoms with Crippen molar-refractivity contribution in [3.8, 4) is 0 Å². The van der Waals surface area contributed by atoms with Crippen molar-refractivity contribution in [1.29, 1.82) is 0 Å². The van der Waals surface area contributed by atoms with Crippen LogP contribution in [0.15, 0.2) is 33.7 Å². The van der Waals surface area contributed by atoms with Crippen molar-refractivity contribution in [2.45, 2.75) is 19.9 Å². The predicted octanol–water partition coefficient (Wildman–Crippen LogP) is 2.24. The molecule has 0 spiro atoms. The van der Waals surface area contributed by atoms with E-state index >= 15 is 0 Å². The van der Waals surface area contributed by atoms with Crippen molar-refractivity contribution in [2.75, 3.05) is 33.2 Å². The fourth-order valence-electron chi connectivity index (χ4n) is 2.89. The zero-order chi connectivity index (χ0) is 14.8. The Labute approximate surface area is 125 Å². The molecule has 112 valence electrons. The van der Waals surface area contributed by atoms with Gasteiger partial charge in [0.2, 0.25) is 0 Å². The van der Waals surface area contributed by atoms with Gasteiger partial charge >= 0.3 is 0 Å². The van der Waals surface area contributed by atoms with E-state index < -0.39 is 0 Å². The summed E-state index contributed by atoms with van der Waals surface area (Å²) in [4.78, 5) is 17.3. The summed E-state index contributed by atoms with van der Waals surface area (Å²) >= 11 is 0. The Morgan fingerprint density at radius 1 is 1.19 bits per heavy atom. The van der Waals surface area contributed by atoms with E-state index in [1.54, 1.807) is 6.26 Å². The number of aryl methyl sites for hydroxylation is 1. The lowest BCUT2D eigenvalue weighted by Crippen LogP contribution is -2.30.